The fraction of sp³-hybridized carbons (Fsp3) is 0.607. The van der Waals surface area contributed by atoms with Gasteiger partial charge in [0, 0.05) is 25.4 Å². The number of sulfonamides is 1. The number of allylic oxidation sites excluding steroid dienone is 2. The molecule has 0 saturated carbocycles. The molecular weight excluding hydrogens is 460 g/mol. The third-order valence-corrected chi connectivity index (χ3v) is 8.39. The number of benzene rings is 1. The Morgan fingerprint density at radius 1 is 1.00 bits per heavy atom. The van der Waals surface area contributed by atoms with Crippen molar-refractivity contribution in [1.29, 1.82) is 0 Å². The van der Waals surface area contributed by atoms with E-state index in [0.29, 0.717) is 0 Å². The van der Waals surface area contributed by atoms with Crippen LogP contribution in [0, 0.1) is 5.92 Å². The summed E-state index contributed by atoms with van der Waals surface area (Å²) in [5.74, 6) is -0.878. The summed E-state index contributed by atoms with van der Waals surface area (Å²) in [5.41, 5.74) is 2.74. The van der Waals surface area contributed by atoms with Crippen LogP contribution in [0.5, 0.6) is 0 Å². The van der Waals surface area contributed by atoms with E-state index in [9.17, 15) is 13.2 Å². The van der Waals surface area contributed by atoms with Crippen LogP contribution in [0.25, 0.3) is 0 Å². The van der Waals surface area contributed by atoms with Crippen LogP contribution in [0.1, 0.15) is 91.2 Å². The van der Waals surface area contributed by atoms with Gasteiger partial charge in [0.15, 0.2) is 0 Å². The number of rotatable bonds is 10. The van der Waals surface area contributed by atoms with Crippen molar-refractivity contribution >= 4 is 21.7 Å². The maximum absolute atomic E-state index is 13.3. The van der Waals surface area contributed by atoms with Gasteiger partial charge >= 0.3 is 5.97 Å². The van der Waals surface area contributed by atoms with E-state index in [-0.39, 0.29) is 18.4 Å². The van der Waals surface area contributed by atoms with Crippen LogP contribution in [0.4, 0.5) is 5.69 Å². The number of carboxylic acids is 1. The molecule has 0 saturated heterocycles. The molecule has 1 aromatic rings. The van der Waals surface area contributed by atoms with E-state index in [1.165, 1.54) is 4.31 Å². The highest BCUT2D eigenvalue weighted by Gasteiger charge is 2.43. The fourth-order valence-electron chi connectivity index (χ4n) is 4.56. The van der Waals surface area contributed by atoms with Gasteiger partial charge in [-0.2, -0.15) is 0 Å². The molecule has 0 bridgehead atoms. The minimum absolute atomic E-state index is 0.0721. The maximum atomic E-state index is 13.3. The molecule has 0 spiro atoms. The minimum Gasteiger partial charge on any atom is -0.481 e. The molecular formula is C28H46N2O4S. The van der Waals surface area contributed by atoms with Crippen molar-refractivity contribution in [2.45, 2.75) is 90.9 Å². The lowest BCUT2D eigenvalue weighted by molar-refractivity contribution is -0.137. The average molecular weight is 507 g/mol. The first-order valence-corrected chi connectivity index (χ1v) is 14.7. The smallest absolute Gasteiger partial charge is 0.303 e. The molecule has 1 heterocycles. The van der Waals surface area contributed by atoms with Crippen molar-refractivity contribution in [3.63, 3.8) is 0 Å². The van der Waals surface area contributed by atoms with Gasteiger partial charge < -0.3 is 10.4 Å². The molecule has 35 heavy (non-hydrogen) atoms. The molecule has 3 unspecified atom stereocenters. The second-order valence-electron chi connectivity index (χ2n) is 8.58. The molecule has 7 heteroatoms. The normalized spacial score (nSPS) is 21.7. The number of hydrogen-bond donors (Lipinski definition) is 2. The Hall–Kier alpha value is -2.12. The first kappa shape index (κ1) is 30.9. The van der Waals surface area contributed by atoms with Crippen molar-refractivity contribution < 1.29 is 18.3 Å². The number of hydrogen-bond acceptors (Lipinski definition) is 4. The zero-order valence-electron chi connectivity index (χ0n) is 22.5. The molecule has 3 rings (SSSR count). The maximum Gasteiger partial charge on any atom is 0.303 e. The molecule has 0 radical (unpaired) electrons. The van der Waals surface area contributed by atoms with E-state index < -0.39 is 21.2 Å². The quantitative estimate of drug-likeness (QED) is 0.355. The second kappa shape index (κ2) is 15.8. The molecule has 3 atom stereocenters. The number of carboxylic acid groups (broad SMARTS) is 1. The van der Waals surface area contributed by atoms with Gasteiger partial charge in [-0.3, -0.25) is 9.10 Å². The monoisotopic (exact) mass is 506 g/mol. The first-order valence-electron chi connectivity index (χ1n) is 13.2. The number of aliphatic carboxylic acids is 1. The molecule has 0 fully saturated rings. The molecule has 2 N–H and O–H groups in total. The van der Waals surface area contributed by atoms with Crippen LogP contribution < -0.4 is 9.62 Å². The first-order chi connectivity index (χ1) is 16.8. The SMILES string of the molecule is CC.CC.CC1=CC2C(C=C1)C(NCCCCCCCCC(=O)O)c1ccccc1N(C)S2(=O)=O. The Bertz CT molecular complexity index is 940. The van der Waals surface area contributed by atoms with Gasteiger partial charge in [0.05, 0.1) is 5.69 Å². The molecule has 1 aromatic carbocycles. The number of fused-ring (bicyclic) bond motifs is 2. The van der Waals surface area contributed by atoms with Crippen molar-refractivity contribution in [3.8, 4) is 0 Å². The Morgan fingerprint density at radius 3 is 2.26 bits per heavy atom. The predicted octanol–water partition coefficient (Wildman–Crippen LogP) is 6.47. The standard InChI is InChI=1S/C24H34N2O4S.2C2H6/c1-18-14-15-20-22(17-18)31(29,30)26(2)21-12-9-8-11-19(21)24(20)25-16-10-6-4-3-5-7-13-23(27)28;2*1-2/h8-9,11-12,14-15,17,20,22,24-25H,3-7,10,13,16H2,1-2H3,(H,27,28);2*1-2H3. The summed E-state index contributed by atoms with van der Waals surface area (Å²) < 4.78 is 28.1. The lowest BCUT2D eigenvalue weighted by Gasteiger charge is -2.31. The van der Waals surface area contributed by atoms with Crippen LogP contribution in [-0.4, -0.2) is 38.3 Å². The third kappa shape index (κ3) is 8.50. The van der Waals surface area contributed by atoms with E-state index in [4.69, 9.17) is 5.11 Å². The Labute approximate surface area is 213 Å². The minimum atomic E-state index is -3.51. The summed E-state index contributed by atoms with van der Waals surface area (Å²) >= 11 is 0. The largest absolute Gasteiger partial charge is 0.481 e. The van der Waals surface area contributed by atoms with Crippen LogP contribution in [0.2, 0.25) is 0 Å². The van der Waals surface area contributed by atoms with E-state index in [1.54, 1.807) is 7.05 Å². The highest BCUT2D eigenvalue weighted by Crippen LogP contribution is 2.42. The van der Waals surface area contributed by atoms with Crippen molar-refractivity contribution in [3.05, 3.63) is 53.6 Å². The molecule has 2 aliphatic rings. The molecule has 0 amide bonds. The van der Waals surface area contributed by atoms with Crippen molar-refractivity contribution in [2.75, 3.05) is 17.9 Å². The zero-order valence-corrected chi connectivity index (χ0v) is 23.3. The Balaban J connectivity index is 0.00000145. The summed E-state index contributed by atoms with van der Waals surface area (Å²) in [6, 6.07) is 7.70. The molecule has 1 aliphatic heterocycles. The van der Waals surface area contributed by atoms with Gasteiger partial charge in [0.1, 0.15) is 5.25 Å². The lowest BCUT2D eigenvalue weighted by atomic mass is 9.85. The number of para-hydroxylation sites is 1. The number of carbonyl (C=O) groups is 1. The Morgan fingerprint density at radius 2 is 1.60 bits per heavy atom. The number of nitrogens with one attached hydrogen (secondary N) is 1. The van der Waals surface area contributed by atoms with E-state index in [1.807, 2.05) is 77.1 Å². The van der Waals surface area contributed by atoms with E-state index in [2.05, 4.69) is 5.32 Å². The lowest BCUT2D eigenvalue weighted by Crippen LogP contribution is -2.41. The Kier molecular flexibility index (Phi) is 13.9. The van der Waals surface area contributed by atoms with Crippen LogP contribution >= 0.6 is 0 Å². The van der Waals surface area contributed by atoms with Crippen LogP contribution in [0.15, 0.2) is 48.1 Å². The van der Waals surface area contributed by atoms with E-state index in [0.717, 1.165) is 61.9 Å². The summed E-state index contributed by atoms with van der Waals surface area (Å²) in [6.07, 6.45) is 12.2. The number of nitrogens with zero attached hydrogens (tertiary/aromatic N) is 1. The molecule has 1 aliphatic carbocycles. The van der Waals surface area contributed by atoms with Crippen molar-refractivity contribution in [2.24, 2.45) is 5.92 Å². The van der Waals surface area contributed by atoms with Gasteiger partial charge in [0.25, 0.3) is 0 Å². The van der Waals surface area contributed by atoms with Crippen LogP contribution in [-0.2, 0) is 14.8 Å². The molecule has 198 valence electrons. The topological polar surface area (TPSA) is 86.7 Å². The predicted molar refractivity (Wildman–Crippen MR) is 147 cm³/mol. The van der Waals surface area contributed by atoms with Gasteiger partial charge in [0.2, 0.25) is 10.0 Å². The highest BCUT2D eigenvalue weighted by molar-refractivity contribution is 7.93. The molecule has 6 nitrogen and oxygen atoms in total. The summed E-state index contributed by atoms with van der Waals surface area (Å²) in [7, 11) is -1.86. The zero-order chi connectivity index (χ0) is 26.4. The second-order valence-corrected chi connectivity index (χ2v) is 10.7. The van der Waals surface area contributed by atoms with Gasteiger partial charge in [-0.15, -0.1) is 0 Å². The van der Waals surface area contributed by atoms with Gasteiger partial charge in [-0.1, -0.05) is 95.4 Å². The van der Waals surface area contributed by atoms with Gasteiger partial charge in [-0.25, -0.2) is 8.42 Å². The average Bonchev–Trinajstić information content (AvgIpc) is 2.93. The van der Waals surface area contributed by atoms with Crippen molar-refractivity contribution in [1.82, 2.24) is 5.32 Å². The number of anilines is 1. The van der Waals surface area contributed by atoms with E-state index >= 15 is 0 Å². The third-order valence-electron chi connectivity index (χ3n) is 6.29. The van der Waals surface area contributed by atoms with Crippen LogP contribution in [0.3, 0.4) is 0 Å². The highest BCUT2D eigenvalue weighted by atomic mass is 32.2. The summed E-state index contributed by atoms with van der Waals surface area (Å²) in [6.45, 7) is 10.8. The van der Waals surface area contributed by atoms with Gasteiger partial charge in [-0.05, 0) is 37.9 Å². The summed E-state index contributed by atoms with van der Waals surface area (Å²) in [4.78, 5) is 10.6. The molecule has 0 aromatic heterocycles. The summed E-state index contributed by atoms with van der Waals surface area (Å²) in [5, 5.41) is 11.8. The fourth-order valence-corrected chi connectivity index (χ4v) is 6.40. The number of unbranched alkanes of at least 4 members (excludes halogenated alkanes) is 5.